The van der Waals surface area contributed by atoms with Crippen LogP contribution in [0.25, 0.3) is 0 Å². The first kappa shape index (κ1) is 17.9. The molecule has 3 rings (SSSR count). The van der Waals surface area contributed by atoms with Crippen LogP contribution in [0.4, 0.5) is 0 Å². The molecule has 1 aromatic heterocycles. The van der Waals surface area contributed by atoms with Crippen molar-refractivity contribution in [3.63, 3.8) is 0 Å². The fourth-order valence-electron chi connectivity index (χ4n) is 3.58. The molecule has 0 unspecified atom stereocenters. The van der Waals surface area contributed by atoms with Gasteiger partial charge in [-0.2, -0.15) is 0 Å². The largest absolute Gasteiger partial charge is 0.379 e. The van der Waals surface area contributed by atoms with E-state index in [2.05, 4.69) is 9.88 Å². The molecule has 1 amide bonds. The van der Waals surface area contributed by atoms with E-state index in [9.17, 15) is 14.4 Å². The van der Waals surface area contributed by atoms with Gasteiger partial charge in [0.25, 0.3) is 5.56 Å². The smallest absolute Gasteiger partial charge is 0.328 e. The van der Waals surface area contributed by atoms with Gasteiger partial charge in [-0.15, -0.1) is 0 Å². The van der Waals surface area contributed by atoms with Crippen LogP contribution in [0.15, 0.2) is 21.9 Å². The number of amides is 1. The summed E-state index contributed by atoms with van der Waals surface area (Å²) >= 11 is 0. The SMILES string of the molecule is O=C(CCn1ccc(=O)[nH]c1=O)N1CCCC[C@@H]1CN1CCOCC1. The molecule has 0 bridgehead atoms. The number of carbonyl (C=O) groups is 1. The zero-order valence-corrected chi connectivity index (χ0v) is 14.5. The van der Waals surface area contributed by atoms with E-state index in [1.807, 2.05) is 4.90 Å². The Labute approximate surface area is 146 Å². The lowest BCUT2D eigenvalue weighted by molar-refractivity contribution is -0.135. The van der Waals surface area contributed by atoms with Crippen molar-refractivity contribution >= 4 is 5.91 Å². The summed E-state index contributed by atoms with van der Waals surface area (Å²) in [6.45, 7) is 5.33. The van der Waals surface area contributed by atoms with Gasteiger partial charge in [-0.05, 0) is 19.3 Å². The first-order valence-corrected chi connectivity index (χ1v) is 9.03. The molecule has 2 saturated heterocycles. The zero-order valence-electron chi connectivity index (χ0n) is 14.5. The van der Waals surface area contributed by atoms with E-state index in [0.29, 0.717) is 0 Å². The summed E-state index contributed by atoms with van der Waals surface area (Å²) in [7, 11) is 0. The van der Waals surface area contributed by atoms with Crippen molar-refractivity contribution < 1.29 is 9.53 Å². The number of aromatic amines is 1. The van der Waals surface area contributed by atoms with Crippen LogP contribution >= 0.6 is 0 Å². The van der Waals surface area contributed by atoms with Crippen molar-refractivity contribution in [2.45, 2.75) is 38.3 Å². The summed E-state index contributed by atoms with van der Waals surface area (Å²) in [5, 5.41) is 0. The Balaban J connectivity index is 1.58. The highest BCUT2D eigenvalue weighted by molar-refractivity contribution is 5.76. The Morgan fingerprint density at radius 2 is 2.00 bits per heavy atom. The van der Waals surface area contributed by atoms with Crippen LogP contribution in [0.2, 0.25) is 0 Å². The molecule has 8 heteroatoms. The summed E-state index contributed by atoms with van der Waals surface area (Å²) < 4.78 is 6.77. The van der Waals surface area contributed by atoms with Crippen LogP contribution in [-0.4, -0.2) is 70.7 Å². The van der Waals surface area contributed by atoms with Gasteiger partial charge in [-0.25, -0.2) is 4.79 Å². The third kappa shape index (κ3) is 4.79. The molecule has 0 radical (unpaired) electrons. The lowest BCUT2D eigenvalue weighted by atomic mass is 10.0. The molecule has 0 aromatic carbocycles. The second-order valence-corrected chi connectivity index (χ2v) is 6.70. The molecule has 0 saturated carbocycles. The molecule has 0 aliphatic carbocycles. The van der Waals surface area contributed by atoms with Gasteiger partial charge in [0.2, 0.25) is 5.91 Å². The predicted molar refractivity (Wildman–Crippen MR) is 92.6 cm³/mol. The molecule has 1 N–H and O–H groups in total. The maximum Gasteiger partial charge on any atom is 0.328 e. The fourth-order valence-corrected chi connectivity index (χ4v) is 3.58. The lowest BCUT2D eigenvalue weighted by Crippen LogP contribution is -2.51. The number of aryl methyl sites for hydroxylation is 1. The van der Waals surface area contributed by atoms with Crippen LogP contribution in [-0.2, 0) is 16.1 Å². The van der Waals surface area contributed by atoms with Gasteiger partial charge in [0.1, 0.15) is 0 Å². The van der Waals surface area contributed by atoms with Gasteiger partial charge in [-0.1, -0.05) is 0 Å². The molecule has 2 fully saturated rings. The van der Waals surface area contributed by atoms with E-state index >= 15 is 0 Å². The zero-order chi connectivity index (χ0) is 17.6. The lowest BCUT2D eigenvalue weighted by Gasteiger charge is -2.39. The molecule has 0 spiro atoms. The van der Waals surface area contributed by atoms with Crippen molar-refractivity contribution in [3.8, 4) is 0 Å². The summed E-state index contributed by atoms with van der Waals surface area (Å²) in [5.74, 6) is 0.0797. The van der Waals surface area contributed by atoms with E-state index < -0.39 is 11.2 Å². The summed E-state index contributed by atoms with van der Waals surface area (Å²) in [6, 6.07) is 1.54. The van der Waals surface area contributed by atoms with Crippen molar-refractivity contribution in [1.29, 1.82) is 0 Å². The Bertz CT molecular complexity index is 692. The van der Waals surface area contributed by atoms with Crippen LogP contribution in [0.3, 0.4) is 0 Å². The van der Waals surface area contributed by atoms with Crippen molar-refractivity contribution in [2.75, 3.05) is 39.4 Å². The Morgan fingerprint density at radius 3 is 2.76 bits per heavy atom. The maximum atomic E-state index is 12.7. The second-order valence-electron chi connectivity index (χ2n) is 6.70. The van der Waals surface area contributed by atoms with Gasteiger partial charge in [0.15, 0.2) is 0 Å². The number of morpholine rings is 1. The number of H-pyrrole nitrogens is 1. The number of nitrogens with one attached hydrogen (secondary N) is 1. The van der Waals surface area contributed by atoms with Gasteiger partial charge < -0.3 is 14.2 Å². The molecule has 25 heavy (non-hydrogen) atoms. The molecule has 1 atom stereocenters. The van der Waals surface area contributed by atoms with Crippen LogP contribution < -0.4 is 11.2 Å². The predicted octanol–water partition coefficient (Wildman–Crippen LogP) is -0.360. The number of piperidine rings is 1. The van der Waals surface area contributed by atoms with Gasteiger partial charge >= 0.3 is 5.69 Å². The highest BCUT2D eigenvalue weighted by Crippen LogP contribution is 2.19. The minimum atomic E-state index is -0.469. The number of ether oxygens (including phenoxy) is 1. The third-order valence-electron chi connectivity index (χ3n) is 4.98. The van der Waals surface area contributed by atoms with Crippen molar-refractivity contribution in [2.24, 2.45) is 0 Å². The van der Waals surface area contributed by atoms with E-state index in [-0.39, 0.29) is 24.9 Å². The quantitative estimate of drug-likeness (QED) is 0.784. The van der Waals surface area contributed by atoms with Crippen molar-refractivity contribution in [1.82, 2.24) is 19.4 Å². The fraction of sp³-hybridized carbons (Fsp3) is 0.706. The van der Waals surface area contributed by atoms with Crippen LogP contribution in [0, 0.1) is 0 Å². The Hall–Kier alpha value is -1.93. The van der Waals surface area contributed by atoms with Crippen LogP contribution in [0.1, 0.15) is 25.7 Å². The van der Waals surface area contributed by atoms with Gasteiger partial charge in [-0.3, -0.25) is 19.5 Å². The molecule has 1 aromatic rings. The molecule has 2 aliphatic heterocycles. The molecular weight excluding hydrogens is 324 g/mol. The first-order chi connectivity index (χ1) is 12.1. The average molecular weight is 350 g/mol. The number of carbonyl (C=O) groups excluding carboxylic acids is 1. The number of likely N-dealkylation sites (tertiary alicyclic amines) is 1. The van der Waals surface area contributed by atoms with Crippen LogP contribution in [0.5, 0.6) is 0 Å². The average Bonchev–Trinajstić information content (AvgIpc) is 2.62. The summed E-state index contributed by atoms with van der Waals surface area (Å²) in [6.07, 6.45) is 4.92. The van der Waals surface area contributed by atoms with E-state index in [1.165, 1.54) is 16.8 Å². The standard InChI is InChI=1S/C17H26N4O4/c22-15-4-7-20(17(24)18-15)8-5-16(23)21-6-2-1-3-14(21)13-19-9-11-25-12-10-19/h4,7,14H,1-3,5-6,8-13H2,(H,18,22,24)/t14-/m1/s1. The summed E-state index contributed by atoms with van der Waals surface area (Å²) in [5.41, 5.74) is -0.891. The highest BCUT2D eigenvalue weighted by atomic mass is 16.5. The number of hydrogen-bond acceptors (Lipinski definition) is 5. The van der Waals surface area contributed by atoms with Gasteiger partial charge in [0.05, 0.1) is 13.2 Å². The minimum absolute atomic E-state index is 0.0797. The van der Waals surface area contributed by atoms with E-state index in [4.69, 9.17) is 4.74 Å². The van der Waals surface area contributed by atoms with E-state index in [0.717, 1.165) is 58.7 Å². The number of nitrogens with zero attached hydrogens (tertiary/aromatic N) is 3. The third-order valence-corrected chi connectivity index (χ3v) is 4.98. The summed E-state index contributed by atoms with van der Waals surface area (Å²) in [4.78, 5) is 42.1. The highest BCUT2D eigenvalue weighted by Gasteiger charge is 2.28. The minimum Gasteiger partial charge on any atom is -0.379 e. The molecule has 3 heterocycles. The molecular formula is C17H26N4O4. The number of aromatic nitrogens is 2. The second kappa shape index (κ2) is 8.44. The maximum absolute atomic E-state index is 12.7. The van der Waals surface area contributed by atoms with Crippen molar-refractivity contribution in [3.05, 3.63) is 33.1 Å². The van der Waals surface area contributed by atoms with E-state index in [1.54, 1.807) is 0 Å². The first-order valence-electron chi connectivity index (χ1n) is 9.03. The molecule has 138 valence electrons. The number of hydrogen-bond donors (Lipinski definition) is 1. The topological polar surface area (TPSA) is 87.6 Å². The Morgan fingerprint density at radius 1 is 1.20 bits per heavy atom. The number of rotatable bonds is 5. The van der Waals surface area contributed by atoms with Gasteiger partial charge in [0, 0.05) is 57.4 Å². The normalized spacial score (nSPS) is 22.1. The monoisotopic (exact) mass is 350 g/mol. The molecule has 8 nitrogen and oxygen atoms in total. The molecule has 2 aliphatic rings. The Kier molecular flexibility index (Phi) is 6.04.